The molecule has 216 valence electrons. The highest BCUT2D eigenvalue weighted by atomic mass is 15.0. The number of hydrogen-bond acceptors (Lipinski definition) is 0. The molecular weight excluding hydrogens is 532 g/mol. The molecule has 2 nitrogen and oxygen atoms in total. The van der Waals surface area contributed by atoms with E-state index in [1.807, 2.05) is 0 Å². The van der Waals surface area contributed by atoms with Gasteiger partial charge < -0.3 is 9.13 Å². The molecule has 0 radical (unpaired) electrons. The van der Waals surface area contributed by atoms with Gasteiger partial charge in [-0.15, -0.1) is 0 Å². The van der Waals surface area contributed by atoms with Crippen LogP contribution in [0.2, 0.25) is 0 Å². The summed E-state index contributed by atoms with van der Waals surface area (Å²) in [5.41, 5.74) is 12.9. The molecule has 0 amide bonds. The van der Waals surface area contributed by atoms with Gasteiger partial charge in [-0.05, 0) is 97.0 Å². The van der Waals surface area contributed by atoms with E-state index in [-0.39, 0.29) is 0 Å². The van der Waals surface area contributed by atoms with Crippen molar-refractivity contribution in [2.75, 3.05) is 0 Å². The predicted octanol–water partition coefficient (Wildman–Crippen LogP) is 12.0. The van der Waals surface area contributed by atoms with Gasteiger partial charge in [0.1, 0.15) is 0 Å². The Kier molecular flexibility index (Phi) is 6.00. The third-order valence-electron chi connectivity index (χ3n) is 9.66. The zero-order valence-corrected chi connectivity index (χ0v) is 26.4. The maximum atomic E-state index is 2.54. The lowest BCUT2D eigenvalue weighted by atomic mass is 9.94. The van der Waals surface area contributed by atoms with Crippen molar-refractivity contribution < 1.29 is 0 Å². The number of nitrogens with zero attached hydrogens (tertiary/aromatic N) is 2. The van der Waals surface area contributed by atoms with Gasteiger partial charge in [0.25, 0.3) is 0 Å². The van der Waals surface area contributed by atoms with Crippen LogP contribution in [-0.4, -0.2) is 9.13 Å². The van der Waals surface area contributed by atoms with Gasteiger partial charge >= 0.3 is 0 Å². The van der Waals surface area contributed by atoms with Crippen LogP contribution in [-0.2, 0) is 0 Å². The van der Waals surface area contributed by atoms with Gasteiger partial charge in [-0.1, -0.05) is 92.7 Å². The number of hydrogen-bond donors (Lipinski definition) is 0. The quantitative estimate of drug-likeness (QED) is 0.199. The molecule has 0 aliphatic heterocycles. The molecule has 0 unspecified atom stereocenters. The molecule has 0 saturated heterocycles. The van der Waals surface area contributed by atoms with Crippen LogP contribution in [0.5, 0.6) is 0 Å². The molecule has 2 heterocycles. The average molecular weight is 571 g/mol. The minimum absolute atomic E-state index is 0.377. The van der Waals surface area contributed by atoms with Gasteiger partial charge in [-0.25, -0.2) is 0 Å². The summed E-state index contributed by atoms with van der Waals surface area (Å²) < 4.78 is 5.01. The van der Waals surface area contributed by atoms with E-state index in [0.717, 1.165) is 0 Å². The molecule has 0 spiro atoms. The Balaban J connectivity index is 1.51. The lowest BCUT2D eigenvalue weighted by Crippen LogP contribution is -2.02. The van der Waals surface area contributed by atoms with Crippen LogP contribution in [0.15, 0.2) is 109 Å². The molecule has 44 heavy (non-hydrogen) atoms. The number of aryl methyl sites for hydroxylation is 2. The Hall–Kier alpha value is -4.82. The molecule has 2 aromatic heterocycles. The van der Waals surface area contributed by atoms with Gasteiger partial charge in [-0.2, -0.15) is 0 Å². The fourth-order valence-corrected chi connectivity index (χ4v) is 7.73. The molecule has 0 bridgehead atoms. The minimum atomic E-state index is 0.377. The molecule has 0 N–H and O–H groups in total. The first-order chi connectivity index (χ1) is 21.3. The summed E-state index contributed by atoms with van der Waals surface area (Å²) >= 11 is 0. The summed E-state index contributed by atoms with van der Waals surface area (Å²) in [6.45, 7) is 13.7. The van der Waals surface area contributed by atoms with E-state index in [9.17, 15) is 0 Å². The number of benzene rings is 6. The van der Waals surface area contributed by atoms with Crippen molar-refractivity contribution in [3.63, 3.8) is 0 Å². The van der Waals surface area contributed by atoms with Gasteiger partial charge in [0, 0.05) is 49.9 Å². The lowest BCUT2D eigenvalue weighted by Gasteiger charge is -2.18. The first-order valence-electron chi connectivity index (χ1n) is 15.9. The van der Waals surface area contributed by atoms with Crippen molar-refractivity contribution in [2.24, 2.45) is 0 Å². The van der Waals surface area contributed by atoms with Crippen LogP contribution in [0.1, 0.15) is 56.3 Å². The molecule has 0 aliphatic rings. The molecule has 6 aromatic carbocycles. The van der Waals surface area contributed by atoms with E-state index in [1.165, 1.54) is 87.9 Å². The molecule has 2 heteroatoms. The SMILES string of the molecule is Cc1cc(-n2c3ccc4ccccc4c3c3cccc(-c4ccc5c(c4)c4ccccc4n5C(C)C)c32)c(C)cc1C(C)C. The first kappa shape index (κ1) is 26.8. The second-order valence-corrected chi connectivity index (χ2v) is 13.1. The van der Waals surface area contributed by atoms with E-state index in [4.69, 9.17) is 0 Å². The van der Waals surface area contributed by atoms with Crippen molar-refractivity contribution in [2.45, 2.75) is 53.5 Å². The number of para-hydroxylation sites is 2. The number of rotatable bonds is 4. The van der Waals surface area contributed by atoms with Crippen molar-refractivity contribution in [3.8, 4) is 16.8 Å². The summed E-state index contributed by atoms with van der Waals surface area (Å²) in [6.07, 6.45) is 0. The number of fused-ring (bicyclic) bond motifs is 8. The Bertz CT molecular complexity index is 2410. The maximum Gasteiger partial charge on any atom is 0.0619 e. The highest BCUT2D eigenvalue weighted by Crippen LogP contribution is 2.43. The van der Waals surface area contributed by atoms with Crippen molar-refractivity contribution >= 4 is 54.4 Å². The zero-order chi connectivity index (χ0) is 30.3. The van der Waals surface area contributed by atoms with E-state index in [2.05, 4.69) is 160 Å². The van der Waals surface area contributed by atoms with E-state index < -0.39 is 0 Å². The van der Waals surface area contributed by atoms with Gasteiger partial charge in [0.2, 0.25) is 0 Å². The Morgan fingerprint density at radius 2 is 1.25 bits per heavy atom. The second kappa shape index (κ2) is 9.86. The third-order valence-corrected chi connectivity index (χ3v) is 9.66. The standard InChI is InChI=1S/C42H38N2/c1-25(2)35-22-28(6)40(23-27(35)5)44-39-21-18-29-12-7-8-13-31(29)41(39)34-16-11-15-32(42(34)44)30-19-20-38-36(24-30)33-14-9-10-17-37(33)43(38)26(3)4/h7-26H,1-6H3. The summed E-state index contributed by atoms with van der Waals surface area (Å²) in [5.74, 6) is 0.486. The van der Waals surface area contributed by atoms with E-state index >= 15 is 0 Å². The summed E-state index contributed by atoms with van der Waals surface area (Å²) in [6, 6.07) is 41.4. The average Bonchev–Trinajstić information content (AvgIpc) is 3.55. The third kappa shape index (κ3) is 3.80. The van der Waals surface area contributed by atoms with Crippen molar-refractivity contribution in [1.29, 1.82) is 0 Å². The predicted molar refractivity (Wildman–Crippen MR) is 191 cm³/mol. The normalized spacial score (nSPS) is 12.3. The second-order valence-electron chi connectivity index (χ2n) is 13.1. The van der Waals surface area contributed by atoms with Crippen LogP contribution in [0.25, 0.3) is 71.2 Å². The van der Waals surface area contributed by atoms with Crippen LogP contribution >= 0.6 is 0 Å². The Morgan fingerprint density at radius 1 is 0.545 bits per heavy atom. The zero-order valence-electron chi connectivity index (χ0n) is 26.4. The van der Waals surface area contributed by atoms with Crippen LogP contribution in [0, 0.1) is 13.8 Å². The lowest BCUT2D eigenvalue weighted by molar-refractivity contribution is 0.642. The van der Waals surface area contributed by atoms with E-state index in [0.29, 0.717) is 12.0 Å². The monoisotopic (exact) mass is 570 g/mol. The number of aromatic nitrogens is 2. The fraction of sp³-hybridized carbons (Fsp3) is 0.190. The highest BCUT2D eigenvalue weighted by molar-refractivity contribution is 6.23. The molecule has 0 saturated carbocycles. The van der Waals surface area contributed by atoms with Gasteiger partial charge in [-0.3, -0.25) is 0 Å². The summed E-state index contributed by atoms with van der Waals surface area (Å²) in [5, 5.41) is 7.81. The van der Waals surface area contributed by atoms with Gasteiger partial charge in [0.15, 0.2) is 0 Å². The molecule has 0 fully saturated rings. The highest BCUT2D eigenvalue weighted by Gasteiger charge is 2.21. The molecule has 8 aromatic rings. The maximum absolute atomic E-state index is 2.54. The summed E-state index contributed by atoms with van der Waals surface area (Å²) in [7, 11) is 0. The first-order valence-corrected chi connectivity index (χ1v) is 15.9. The van der Waals surface area contributed by atoms with Crippen LogP contribution in [0.4, 0.5) is 0 Å². The summed E-state index contributed by atoms with van der Waals surface area (Å²) in [4.78, 5) is 0. The van der Waals surface area contributed by atoms with Crippen LogP contribution < -0.4 is 0 Å². The topological polar surface area (TPSA) is 9.86 Å². The smallest absolute Gasteiger partial charge is 0.0619 e. The van der Waals surface area contributed by atoms with Crippen molar-refractivity contribution in [3.05, 3.63) is 126 Å². The largest absolute Gasteiger partial charge is 0.338 e. The van der Waals surface area contributed by atoms with Crippen molar-refractivity contribution in [1.82, 2.24) is 9.13 Å². The Morgan fingerprint density at radius 3 is 2.05 bits per heavy atom. The van der Waals surface area contributed by atoms with Crippen LogP contribution in [0.3, 0.4) is 0 Å². The fourth-order valence-electron chi connectivity index (χ4n) is 7.73. The molecular formula is C42H38N2. The van der Waals surface area contributed by atoms with E-state index in [1.54, 1.807) is 0 Å². The minimum Gasteiger partial charge on any atom is -0.338 e. The van der Waals surface area contributed by atoms with Gasteiger partial charge in [0.05, 0.1) is 11.0 Å². The molecule has 8 rings (SSSR count). The Labute approximate surface area is 259 Å². The molecule has 0 atom stereocenters. The molecule has 0 aliphatic carbocycles.